The number of benzene rings is 1. The summed E-state index contributed by atoms with van der Waals surface area (Å²) in [6, 6.07) is 13.0. The largest absolute Gasteiger partial charge is 0.354 e. The first kappa shape index (κ1) is 17.7. The summed E-state index contributed by atoms with van der Waals surface area (Å²) in [5, 5.41) is 3.08. The number of hydrogen-bond donors (Lipinski definition) is 1. The summed E-state index contributed by atoms with van der Waals surface area (Å²) in [6.45, 7) is 7.21. The average Bonchev–Trinajstić information content (AvgIpc) is 3.05. The van der Waals surface area contributed by atoms with Crippen LogP contribution < -0.4 is 5.32 Å². The molecular formula is C21H29N3O. The molecule has 1 aromatic carbocycles. The number of carbonyl (C=O) groups excluding carboxylic acids is 1. The van der Waals surface area contributed by atoms with Crippen molar-refractivity contribution in [2.45, 2.75) is 45.6 Å². The molecule has 1 amide bonds. The van der Waals surface area contributed by atoms with Crippen molar-refractivity contribution in [3.63, 3.8) is 0 Å². The molecule has 0 saturated carbocycles. The van der Waals surface area contributed by atoms with Crippen molar-refractivity contribution in [3.05, 3.63) is 53.9 Å². The van der Waals surface area contributed by atoms with Gasteiger partial charge in [-0.25, -0.2) is 0 Å². The maximum Gasteiger partial charge on any atom is 0.225 e. The van der Waals surface area contributed by atoms with E-state index in [0.29, 0.717) is 12.5 Å². The maximum absolute atomic E-state index is 12.3. The Kier molecular flexibility index (Phi) is 5.92. The van der Waals surface area contributed by atoms with E-state index in [9.17, 15) is 4.79 Å². The van der Waals surface area contributed by atoms with Gasteiger partial charge in [-0.15, -0.1) is 0 Å². The fourth-order valence-corrected chi connectivity index (χ4v) is 3.57. The van der Waals surface area contributed by atoms with Crippen molar-refractivity contribution in [1.82, 2.24) is 14.8 Å². The highest BCUT2D eigenvalue weighted by Gasteiger charge is 2.17. The van der Waals surface area contributed by atoms with Gasteiger partial charge in [-0.1, -0.05) is 24.1 Å². The third kappa shape index (κ3) is 4.73. The number of aromatic nitrogens is 1. The van der Waals surface area contributed by atoms with Crippen LogP contribution in [-0.4, -0.2) is 41.1 Å². The third-order valence-corrected chi connectivity index (χ3v) is 5.15. The van der Waals surface area contributed by atoms with E-state index >= 15 is 0 Å². The van der Waals surface area contributed by atoms with Crippen molar-refractivity contribution < 1.29 is 4.79 Å². The summed E-state index contributed by atoms with van der Waals surface area (Å²) in [4.78, 5) is 14.8. The van der Waals surface area contributed by atoms with Gasteiger partial charge in [-0.3, -0.25) is 9.69 Å². The van der Waals surface area contributed by atoms with E-state index in [0.717, 1.165) is 31.0 Å². The number of carbonyl (C=O) groups is 1. The van der Waals surface area contributed by atoms with Crippen LogP contribution in [0.5, 0.6) is 0 Å². The van der Waals surface area contributed by atoms with E-state index in [-0.39, 0.29) is 5.91 Å². The molecule has 1 fully saturated rings. The van der Waals surface area contributed by atoms with Crippen molar-refractivity contribution in [3.8, 4) is 5.69 Å². The molecule has 0 radical (unpaired) electrons. The van der Waals surface area contributed by atoms with Gasteiger partial charge in [0.05, 0.1) is 6.42 Å². The zero-order chi connectivity index (χ0) is 17.6. The van der Waals surface area contributed by atoms with E-state index in [1.54, 1.807) is 0 Å². The smallest absolute Gasteiger partial charge is 0.225 e. The van der Waals surface area contributed by atoms with E-state index in [1.807, 2.05) is 18.3 Å². The monoisotopic (exact) mass is 339 g/mol. The Morgan fingerprint density at radius 2 is 2.00 bits per heavy atom. The fraction of sp³-hybridized carbons (Fsp3) is 0.476. The summed E-state index contributed by atoms with van der Waals surface area (Å²) >= 11 is 0. The third-order valence-electron chi connectivity index (χ3n) is 5.15. The highest BCUT2D eigenvalue weighted by molar-refractivity contribution is 5.78. The molecule has 2 aromatic rings. The van der Waals surface area contributed by atoms with Crippen LogP contribution >= 0.6 is 0 Å². The molecule has 134 valence electrons. The first-order valence-electron chi connectivity index (χ1n) is 9.37. The molecule has 25 heavy (non-hydrogen) atoms. The SMILES string of the molecule is Cc1ccc(-n2cccc2CC(=O)NCCN2CCCC[C@H]2C)cc1. The van der Waals surface area contributed by atoms with Gasteiger partial charge in [-0.2, -0.15) is 0 Å². The Labute approximate surface area is 150 Å². The number of aryl methyl sites for hydroxylation is 1. The van der Waals surface area contributed by atoms with E-state index in [2.05, 4.69) is 52.9 Å². The first-order chi connectivity index (χ1) is 12.1. The first-order valence-corrected chi connectivity index (χ1v) is 9.37. The molecule has 1 aliphatic rings. The minimum absolute atomic E-state index is 0.0942. The van der Waals surface area contributed by atoms with Crippen LogP contribution in [0.3, 0.4) is 0 Å². The topological polar surface area (TPSA) is 37.3 Å². The summed E-state index contributed by atoms with van der Waals surface area (Å²) in [6.07, 6.45) is 6.32. The number of hydrogen-bond acceptors (Lipinski definition) is 2. The molecule has 4 heteroatoms. The normalized spacial score (nSPS) is 18.2. The molecule has 0 bridgehead atoms. The van der Waals surface area contributed by atoms with Crippen LogP contribution in [0.15, 0.2) is 42.6 Å². The summed E-state index contributed by atoms with van der Waals surface area (Å²) in [7, 11) is 0. The summed E-state index contributed by atoms with van der Waals surface area (Å²) < 4.78 is 2.09. The lowest BCUT2D eigenvalue weighted by Crippen LogP contribution is -2.42. The Bertz CT molecular complexity index is 689. The molecule has 3 rings (SSSR count). The van der Waals surface area contributed by atoms with Crippen LogP contribution in [0.1, 0.15) is 37.4 Å². The lowest BCUT2D eigenvalue weighted by atomic mass is 10.0. The zero-order valence-corrected chi connectivity index (χ0v) is 15.4. The second-order valence-electron chi connectivity index (χ2n) is 7.11. The van der Waals surface area contributed by atoms with Crippen LogP contribution in [-0.2, 0) is 11.2 Å². The second kappa shape index (κ2) is 8.34. The van der Waals surface area contributed by atoms with Crippen LogP contribution in [0.2, 0.25) is 0 Å². The average molecular weight is 339 g/mol. The Balaban J connectivity index is 1.52. The minimum Gasteiger partial charge on any atom is -0.354 e. The number of likely N-dealkylation sites (tertiary alicyclic amines) is 1. The highest BCUT2D eigenvalue weighted by atomic mass is 16.1. The van der Waals surface area contributed by atoms with Gasteiger partial charge >= 0.3 is 0 Å². The second-order valence-corrected chi connectivity index (χ2v) is 7.11. The van der Waals surface area contributed by atoms with Gasteiger partial charge in [0.25, 0.3) is 0 Å². The molecule has 4 nitrogen and oxygen atoms in total. The predicted molar refractivity (Wildman–Crippen MR) is 102 cm³/mol. The number of piperidine rings is 1. The molecule has 1 aliphatic heterocycles. The van der Waals surface area contributed by atoms with Gasteiger partial charge in [-0.05, 0) is 57.5 Å². The molecule has 1 N–H and O–H groups in total. The van der Waals surface area contributed by atoms with Crippen molar-refractivity contribution in [1.29, 1.82) is 0 Å². The van der Waals surface area contributed by atoms with E-state index < -0.39 is 0 Å². The van der Waals surface area contributed by atoms with Crippen LogP contribution in [0, 0.1) is 6.92 Å². The minimum atomic E-state index is 0.0942. The number of nitrogens with zero attached hydrogens (tertiary/aromatic N) is 2. The molecule has 0 spiro atoms. The quantitative estimate of drug-likeness (QED) is 0.877. The molecule has 0 unspecified atom stereocenters. The fourth-order valence-electron chi connectivity index (χ4n) is 3.57. The molecule has 1 atom stereocenters. The van der Waals surface area contributed by atoms with E-state index in [4.69, 9.17) is 0 Å². The van der Waals surface area contributed by atoms with Crippen molar-refractivity contribution in [2.24, 2.45) is 0 Å². The summed E-state index contributed by atoms with van der Waals surface area (Å²) in [5.74, 6) is 0.0942. The van der Waals surface area contributed by atoms with Crippen molar-refractivity contribution >= 4 is 5.91 Å². The number of nitrogens with one attached hydrogen (secondary N) is 1. The number of amides is 1. The predicted octanol–water partition coefficient (Wildman–Crippen LogP) is 3.32. The molecule has 1 saturated heterocycles. The maximum atomic E-state index is 12.3. The van der Waals surface area contributed by atoms with Gasteiger partial charge in [0, 0.05) is 36.7 Å². The lowest BCUT2D eigenvalue weighted by Gasteiger charge is -2.33. The lowest BCUT2D eigenvalue weighted by molar-refractivity contribution is -0.120. The molecule has 0 aliphatic carbocycles. The standard InChI is InChI=1S/C21H29N3O/c1-17-8-10-19(11-9-17)24-14-5-7-20(24)16-21(25)22-12-15-23-13-4-3-6-18(23)2/h5,7-11,14,18H,3-4,6,12-13,15-16H2,1-2H3,(H,22,25)/t18-/m1/s1. The Hall–Kier alpha value is -2.07. The van der Waals surface area contributed by atoms with Gasteiger partial charge in [0.1, 0.15) is 0 Å². The van der Waals surface area contributed by atoms with E-state index in [1.165, 1.54) is 24.8 Å². The number of rotatable bonds is 6. The highest BCUT2D eigenvalue weighted by Crippen LogP contribution is 2.16. The molecule has 1 aromatic heterocycles. The zero-order valence-electron chi connectivity index (χ0n) is 15.4. The summed E-state index contributed by atoms with van der Waals surface area (Å²) in [5.41, 5.74) is 3.36. The van der Waals surface area contributed by atoms with Gasteiger partial charge in [0.15, 0.2) is 0 Å². The van der Waals surface area contributed by atoms with Crippen molar-refractivity contribution in [2.75, 3.05) is 19.6 Å². The van der Waals surface area contributed by atoms with Crippen LogP contribution in [0.4, 0.5) is 0 Å². The van der Waals surface area contributed by atoms with Gasteiger partial charge < -0.3 is 9.88 Å². The van der Waals surface area contributed by atoms with Gasteiger partial charge in [0.2, 0.25) is 5.91 Å². The molecular weight excluding hydrogens is 310 g/mol. The molecule has 2 heterocycles. The Morgan fingerprint density at radius 3 is 2.76 bits per heavy atom. The Morgan fingerprint density at radius 1 is 1.20 bits per heavy atom. The van der Waals surface area contributed by atoms with Crippen LogP contribution in [0.25, 0.3) is 5.69 Å².